The largest absolute Gasteiger partial charge is 0.365 e. The Bertz CT molecular complexity index is 455. The summed E-state index contributed by atoms with van der Waals surface area (Å²) in [7, 11) is -3.47. The zero-order valence-corrected chi connectivity index (χ0v) is 10.2. The van der Waals surface area contributed by atoms with E-state index >= 15 is 0 Å². The first kappa shape index (κ1) is 11.6. The number of H-pyrrole nitrogens is 1. The van der Waals surface area contributed by atoms with E-state index in [9.17, 15) is 8.42 Å². The van der Waals surface area contributed by atoms with Gasteiger partial charge in [-0.2, -0.15) is 9.40 Å². The van der Waals surface area contributed by atoms with Crippen LogP contribution in [-0.2, 0) is 14.8 Å². The summed E-state index contributed by atoms with van der Waals surface area (Å²) in [6, 6.07) is 0. The van der Waals surface area contributed by atoms with Crippen molar-refractivity contribution in [2.45, 2.75) is 25.2 Å². The van der Waals surface area contributed by atoms with Gasteiger partial charge in [0, 0.05) is 13.2 Å². The lowest BCUT2D eigenvalue weighted by Crippen LogP contribution is -2.38. The van der Waals surface area contributed by atoms with Gasteiger partial charge in [0.25, 0.3) is 0 Å². The monoisotopic (exact) mass is 245 g/mol. The van der Waals surface area contributed by atoms with E-state index in [4.69, 9.17) is 4.74 Å². The highest BCUT2D eigenvalue weighted by atomic mass is 32.2. The predicted molar refractivity (Wildman–Crippen MR) is 57.4 cm³/mol. The third-order valence-electron chi connectivity index (χ3n) is 2.59. The maximum absolute atomic E-state index is 12.3. The van der Waals surface area contributed by atoms with Crippen LogP contribution >= 0.6 is 0 Å². The van der Waals surface area contributed by atoms with Gasteiger partial charge in [0.1, 0.15) is 11.6 Å². The Labute approximate surface area is 94.6 Å². The lowest BCUT2D eigenvalue weighted by atomic mass is 10.4. The fourth-order valence-electron chi connectivity index (χ4n) is 1.81. The summed E-state index contributed by atoms with van der Waals surface area (Å²) in [4.78, 5) is 0.276. The molecular weight excluding hydrogens is 230 g/mol. The third kappa shape index (κ3) is 1.85. The minimum absolute atomic E-state index is 0.131. The van der Waals surface area contributed by atoms with Gasteiger partial charge in [-0.3, -0.25) is 5.10 Å². The number of aromatic nitrogens is 2. The third-order valence-corrected chi connectivity index (χ3v) is 4.68. The summed E-state index contributed by atoms with van der Waals surface area (Å²) in [6.45, 7) is 4.65. The van der Waals surface area contributed by atoms with Crippen LogP contribution in [0.3, 0.4) is 0 Å². The zero-order valence-electron chi connectivity index (χ0n) is 9.36. The molecule has 0 radical (unpaired) electrons. The minimum Gasteiger partial charge on any atom is -0.365 e. The number of nitrogens with one attached hydrogen (secondary N) is 1. The summed E-state index contributed by atoms with van der Waals surface area (Å²) in [5.41, 5.74) is 1.08. The second-order valence-electron chi connectivity index (χ2n) is 3.83. The van der Waals surface area contributed by atoms with E-state index in [0.717, 1.165) is 6.42 Å². The molecule has 0 saturated carbocycles. The maximum atomic E-state index is 12.3. The lowest BCUT2D eigenvalue weighted by Gasteiger charge is -2.25. The van der Waals surface area contributed by atoms with E-state index in [1.807, 2.05) is 0 Å². The molecule has 1 fully saturated rings. The fraction of sp³-hybridized carbons (Fsp3) is 0.667. The molecule has 1 aromatic rings. The smallest absolute Gasteiger partial charge is 0.248 e. The molecule has 1 aliphatic heterocycles. The van der Waals surface area contributed by atoms with E-state index < -0.39 is 10.0 Å². The van der Waals surface area contributed by atoms with Crippen LogP contribution in [0.2, 0.25) is 0 Å². The summed E-state index contributed by atoms with van der Waals surface area (Å²) >= 11 is 0. The van der Waals surface area contributed by atoms with Gasteiger partial charge in [-0.05, 0) is 20.3 Å². The molecular formula is C9H15N3O3S. The average molecular weight is 245 g/mol. The Balaban J connectivity index is 2.38. The number of rotatable bonds is 2. The van der Waals surface area contributed by atoms with Crippen molar-refractivity contribution in [3.8, 4) is 0 Å². The number of aryl methyl sites for hydroxylation is 2. The second kappa shape index (κ2) is 4.15. The van der Waals surface area contributed by atoms with Crippen molar-refractivity contribution in [1.82, 2.24) is 14.5 Å². The van der Waals surface area contributed by atoms with E-state index in [1.165, 1.54) is 4.31 Å². The molecule has 2 heterocycles. The summed E-state index contributed by atoms with van der Waals surface area (Å²) in [6.07, 6.45) is 0.731. The van der Waals surface area contributed by atoms with Crippen molar-refractivity contribution < 1.29 is 13.2 Å². The molecule has 1 aromatic heterocycles. The van der Waals surface area contributed by atoms with Gasteiger partial charge >= 0.3 is 0 Å². The molecule has 16 heavy (non-hydrogen) atoms. The highest BCUT2D eigenvalue weighted by Crippen LogP contribution is 2.22. The van der Waals surface area contributed by atoms with Crippen molar-refractivity contribution >= 4 is 10.0 Å². The number of sulfonamides is 1. The fourth-order valence-corrected chi connectivity index (χ4v) is 3.51. The Morgan fingerprint density at radius 3 is 2.69 bits per heavy atom. The van der Waals surface area contributed by atoms with E-state index in [2.05, 4.69) is 10.2 Å². The average Bonchev–Trinajstić information content (AvgIpc) is 2.60. The van der Waals surface area contributed by atoms with Crippen LogP contribution in [0.15, 0.2) is 4.90 Å². The van der Waals surface area contributed by atoms with Crippen LogP contribution in [0.4, 0.5) is 0 Å². The van der Waals surface area contributed by atoms with Crippen molar-refractivity contribution in [2.24, 2.45) is 0 Å². The molecule has 6 nitrogen and oxygen atoms in total. The first-order valence-electron chi connectivity index (χ1n) is 5.13. The van der Waals surface area contributed by atoms with E-state index in [0.29, 0.717) is 24.5 Å². The van der Waals surface area contributed by atoms with Gasteiger partial charge in [0.2, 0.25) is 10.0 Å². The first-order chi connectivity index (χ1) is 7.53. The molecule has 0 unspecified atom stereocenters. The highest BCUT2D eigenvalue weighted by molar-refractivity contribution is 7.89. The molecule has 0 amide bonds. The molecule has 0 atom stereocenters. The van der Waals surface area contributed by atoms with Crippen molar-refractivity contribution in [3.05, 3.63) is 11.4 Å². The molecule has 1 saturated heterocycles. The normalized spacial score (nSPS) is 18.9. The van der Waals surface area contributed by atoms with Gasteiger partial charge in [-0.1, -0.05) is 0 Å². The van der Waals surface area contributed by atoms with Crippen LogP contribution in [0, 0.1) is 13.8 Å². The van der Waals surface area contributed by atoms with E-state index in [-0.39, 0.29) is 11.6 Å². The summed E-state index contributed by atoms with van der Waals surface area (Å²) in [5, 5.41) is 6.59. The molecule has 90 valence electrons. The first-order valence-corrected chi connectivity index (χ1v) is 6.57. The Morgan fingerprint density at radius 2 is 2.19 bits per heavy atom. The van der Waals surface area contributed by atoms with E-state index in [1.54, 1.807) is 13.8 Å². The molecule has 1 aliphatic rings. The maximum Gasteiger partial charge on any atom is 0.248 e. The number of hydrogen-bond acceptors (Lipinski definition) is 4. The van der Waals surface area contributed by atoms with Gasteiger partial charge in [0.15, 0.2) is 0 Å². The van der Waals surface area contributed by atoms with Gasteiger partial charge in [-0.25, -0.2) is 8.42 Å². The number of aromatic amines is 1. The summed E-state index contributed by atoms with van der Waals surface area (Å²) in [5.74, 6) is 0. The zero-order chi connectivity index (χ0) is 11.8. The van der Waals surface area contributed by atoms with Crippen molar-refractivity contribution in [3.63, 3.8) is 0 Å². The Hall–Kier alpha value is -0.920. The molecule has 0 spiro atoms. The highest BCUT2D eigenvalue weighted by Gasteiger charge is 2.30. The van der Waals surface area contributed by atoms with Crippen molar-refractivity contribution in [2.75, 3.05) is 19.9 Å². The Kier molecular flexibility index (Phi) is 3.00. The van der Waals surface area contributed by atoms with Crippen LogP contribution in [-0.4, -0.2) is 42.8 Å². The predicted octanol–water partition coefficient (Wildman–Crippen LogP) is 0.395. The standard InChI is InChI=1S/C9H15N3O3S/c1-7-9(8(2)11-10-7)16(13,14)12-4-3-5-15-6-12/h3-6H2,1-2H3,(H,10,11). The number of nitrogens with zero attached hydrogens (tertiary/aromatic N) is 2. The lowest BCUT2D eigenvalue weighted by molar-refractivity contribution is 0.0312. The molecule has 2 rings (SSSR count). The van der Waals surface area contributed by atoms with Crippen LogP contribution in [0.1, 0.15) is 17.8 Å². The second-order valence-corrected chi connectivity index (χ2v) is 5.71. The Morgan fingerprint density at radius 1 is 1.44 bits per heavy atom. The topological polar surface area (TPSA) is 75.3 Å². The molecule has 0 bridgehead atoms. The van der Waals surface area contributed by atoms with Crippen LogP contribution in [0.5, 0.6) is 0 Å². The van der Waals surface area contributed by atoms with Gasteiger partial charge in [-0.15, -0.1) is 0 Å². The molecule has 1 N–H and O–H groups in total. The number of ether oxygens (including phenoxy) is 1. The summed E-state index contributed by atoms with van der Waals surface area (Å²) < 4.78 is 31.1. The molecule has 0 aliphatic carbocycles. The molecule has 0 aromatic carbocycles. The van der Waals surface area contributed by atoms with Crippen LogP contribution in [0.25, 0.3) is 0 Å². The quantitative estimate of drug-likeness (QED) is 0.818. The molecule has 7 heteroatoms. The van der Waals surface area contributed by atoms with Crippen LogP contribution < -0.4 is 0 Å². The number of hydrogen-bond donors (Lipinski definition) is 1. The van der Waals surface area contributed by atoms with Gasteiger partial charge < -0.3 is 4.74 Å². The SMILES string of the molecule is Cc1n[nH]c(C)c1S(=O)(=O)N1CCCOC1. The minimum atomic E-state index is -3.47. The van der Waals surface area contributed by atoms with Gasteiger partial charge in [0.05, 0.1) is 11.4 Å². The van der Waals surface area contributed by atoms with Crippen molar-refractivity contribution in [1.29, 1.82) is 0 Å².